The van der Waals surface area contributed by atoms with Gasteiger partial charge in [0.2, 0.25) is 0 Å². The maximum Gasteiger partial charge on any atom is 0.131 e. The number of benzene rings is 3. The highest BCUT2D eigenvalue weighted by Crippen LogP contribution is 2.36. The minimum absolute atomic E-state index is 0.00488. The molecule has 3 heteroatoms. The average Bonchev–Trinajstić information content (AvgIpc) is 2.48. The van der Waals surface area contributed by atoms with E-state index in [1.165, 1.54) is 6.07 Å². The molecular weight excluding hydrogens is 339 g/mol. The molecule has 0 saturated heterocycles. The van der Waals surface area contributed by atoms with Crippen LogP contribution in [-0.2, 0) is 0 Å². The summed E-state index contributed by atoms with van der Waals surface area (Å²) in [7, 11) is 0. The van der Waals surface area contributed by atoms with Crippen molar-refractivity contribution in [1.82, 2.24) is 0 Å². The number of halogens is 3. The van der Waals surface area contributed by atoms with Gasteiger partial charge in [-0.2, -0.15) is 0 Å². The molecular formula is C17H11BrClF. The van der Waals surface area contributed by atoms with Gasteiger partial charge in [-0.1, -0.05) is 70.0 Å². The van der Waals surface area contributed by atoms with Gasteiger partial charge in [0, 0.05) is 10.4 Å². The van der Waals surface area contributed by atoms with Crippen molar-refractivity contribution in [2.75, 3.05) is 0 Å². The molecule has 1 atom stereocenters. The summed E-state index contributed by atoms with van der Waals surface area (Å²) >= 11 is 9.61. The van der Waals surface area contributed by atoms with Crippen LogP contribution in [0.2, 0.25) is 5.02 Å². The molecule has 0 saturated carbocycles. The summed E-state index contributed by atoms with van der Waals surface area (Å²) < 4.78 is 13.9. The van der Waals surface area contributed by atoms with E-state index in [2.05, 4.69) is 15.9 Å². The zero-order chi connectivity index (χ0) is 14.1. The minimum Gasteiger partial charge on any atom is -0.206 e. The van der Waals surface area contributed by atoms with Gasteiger partial charge in [0.15, 0.2) is 0 Å². The number of hydrogen-bond donors (Lipinski definition) is 0. The first-order valence-electron chi connectivity index (χ1n) is 6.23. The Bertz CT molecular complexity index is 753. The van der Waals surface area contributed by atoms with Crippen molar-refractivity contribution in [3.8, 4) is 0 Å². The fourth-order valence-corrected chi connectivity index (χ4v) is 3.15. The largest absolute Gasteiger partial charge is 0.206 e. The van der Waals surface area contributed by atoms with Crippen molar-refractivity contribution in [3.05, 3.63) is 82.6 Å². The molecule has 0 bridgehead atoms. The SMILES string of the molecule is Fc1ccc(C(Br)c2ccc(Cl)cc2)c2ccccc12. The summed E-state index contributed by atoms with van der Waals surface area (Å²) in [6, 6.07) is 18.5. The van der Waals surface area contributed by atoms with Crippen LogP contribution in [0.25, 0.3) is 10.8 Å². The second kappa shape index (κ2) is 5.55. The van der Waals surface area contributed by atoms with Crippen LogP contribution < -0.4 is 0 Å². The summed E-state index contributed by atoms with van der Waals surface area (Å²) in [5.74, 6) is -0.194. The Hall–Kier alpha value is -1.38. The average molecular weight is 350 g/mol. The molecule has 0 heterocycles. The van der Waals surface area contributed by atoms with E-state index in [-0.39, 0.29) is 10.6 Å². The lowest BCUT2D eigenvalue weighted by Crippen LogP contribution is -1.95. The number of alkyl halides is 1. The monoisotopic (exact) mass is 348 g/mol. The molecule has 0 N–H and O–H groups in total. The summed E-state index contributed by atoms with van der Waals surface area (Å²) in [6.45, 7) is 0. The zero-order valence-corrected chi connectivity index (χ0v) is 12.8. The summed E-state index contributed by atoms with van der Waals surface area (Å²) in [4.78, 5) is 0.00488. The predicted molar refractivity (Wildman–Crippen MR) is 86.1 cm³/mol. The van der Waals surface area contributed by atoms with Crippen LogP contribution in [0.4, 0.5) is 4.39 Å². The first-order valence-corrected chi connectivity index (χ1v) is 7.53. The van der Waals surface area contributed by atoms with Gasteiger partial charge in [-0.05, 0) is 34.7 Å². The lowest BCUT2D eigenvalue weighted by atomic mass is 9.98. The fourth-order valence-electron chi connectivity index (χ4n) is 2.32. The third kappa shape index (κ3) is 2.46. The van der Waals surface area contributed by atoms with E-state index in [0.717, 1.165) is 16.5 Å². The van der Waals surface area contributed by atoms with Gasteiger partial charge in [-0.3, -0.25) is 0 Å². The Morgan fingerprint density at radius 1 is 0.850 bits per heavy atom. The van der Waals surface area contributed by atoms with E-state index in [1.807, 2.05) is 48.5 Å². The van der Waals surface area contributed by atoms with Crippen LogP contribution in [0.15, 0.2) is 60.7 Å². The van der Waals surface area contributed by atoms with Gasteiger partial charge < -0.3 is 0 Å². The van der Waals surface area contributed by atoms with Gasteiger partial charge in [-0.15, -0.1) is 0 Å². The molecule has 0 aliphatic rings. The minimum atomic E-state index is -0.194. The maximum atomic E-state index is 13.9. The van der Waals surface area contributed by atoms with Crippen molar-refractivity contribution in [1.29, 1.82) is 0 Å². The van der Waals surface area contributed by atoms with E-state index < -0.39 is 0 Å². The molecule has 0 amide bonds. The predicted octanol–water partition coefficient (Wildman–Crippen LogP) is 6.12. The smallest absolute Gasteiger partial charge is 0.131 e. The maximum absolute atomic E-state index is 13.9. The zero-order valence-electron chi connectivity index (χ0n) is 10.5. The van der Waals surface area contributed by atoms with Crippen molar-refractivity contribution in [2.24, 2.45) is 0 Å². The molecule has 3 rings (SSSR count). The number of hydrogen-bond acceptors (Lipinski definition) is 0. The molecule has 1 unspecified atom stereocenters. The van der Waals surface area contributed by atoms with E-state index in [0.29, 0.717) is 10.4 Å². The fraction of sp³-hybridized carbons (Fsp3) is 0.0588. The van der Waals surface area contributed by atoms with Gasteiger partial charge in [0.05, 0.1) is 4.83 Å². The number of fused-ring (bicyclic) bond motifs is 1. The molecule has 0 nitrogen and oxygen atoms in total. The van der Waals surface area contributed by atoms with Gasteiger partial charge >= 0.3 is 0 Å². The first kappa shape index (κ1) is 13.6. The third-order valence-electron chi connectivity index (χ3n) is 3.34. The second-order valence-electron chi connectivity index (χ2n) is 4.60. The van der Waals surface area contributed by atoms with Crippen LogP contribution >= 0.6 is 27.5 Å². The summed E-state index contributed by atoms with van der Waals surface area (Å²) in [6.07, 6.45) is 0. The Morgan fingerprint density at radius 3 is 2.20 bits per heavy atom. The highest BCUT2D eigenvalue weighted by Gasteiger charge is 2.14. The van der Waals surface area contributed by atoms with E-state index in [4.69, 9.17) is 11.6 Å². The molecule has 0 spiro atoms. The summed E-state index contributed by atoms with van der Waals surface area (Å²) in [5.41, 5.74) is 2.13. The van der Waals surface area contributed by atoms with E-state index in [9.17, 15) is 4.39 Å². The molecule has 0 radical (unpaired) electrons. The van der Waals surface area contributed by atoms with E-state index >= 15 is 0 Å². The first-order chi connectivity index (χ1) is 9.66. The molecule has 3 aromatic rings. The topological polar surface area (TPSA) is 0 Å². The Morgan fingerprint density at radius 2 is 1.50 bits per heavy atom. The van der Waals surface area contributed by atoms with Crippen LogP contribution in [0.1, 0.15) is 16.0 Å². The highest BCUT2D eigenvalue weighted by molar-refractivity contribution is 9.09. The van der Waals surface area contributed by atoms with Crippen molar-refractivity contribution in [3.63, 3.8) is 0 Å². The van der Waals surface area contributed by atoms with Crippen LogP contribution in [0.5, 0.6) is 0 Å². The number of rotatable bonds is 2. The lowest BCUT2D eigenvalue weighted by molar-refractivity contribution is 0.639. The Kier molecular flexibility index (Phi) is 3.77. The van der Waals surface area contributed by atoms with Crippen LogP contribution in [-0.4, -0.2) is 0 Å². The standard InChI is InChI=1S/C17H11BrClF/c18-17(11-5-7-12(19)8-6-11)15-9-10-16(20)14-4-2-1-3-13(14)15/h1-10,17H. The Labute approximate surface area is 130 Å². The quantitative estimate of drug-likeness (QED) is 0.489. The molecule has 0 aromatic heterocycles. The molecule has 0 aliphatic heterocycles. The van der Waals surface area contributed by atoms with Gasteiger partial charge in [0.1, 0.15) is 5.82 Å². The van der Waals surface area contributed by atoms with Crippen molar-refractivity contribution in [2.45, 2.75) is 4.83 Å². The lowest BCUT2D eigenvalue weighted by Gasteiger charge is -2.14. The van der Waals surface area contributed by atoms with Crippen molar-refractivity contribution < 1.29 is 4.39 Å². The third-order valence-corrected chi connectivity index (χ3v) is 4.61. The van der Waals surface area contributed by atoms with Crippen LogP contribution in [0.3, 0.4) is 0 Å². The molecule has 0 aliphatic carbocycles. The van der Waals surface area contributed by atoms with E-state index in [1.54, 1.807) is 6.07 Å². The second-order valence-corrected chi connectivity index (χ2v) is 5.95. The van der Waals surface area contributed by atoms with Gasteiger partial charge in [0.25, 0.3) is 0 Å². The highest BCUT2D eigenvalue weighted by atomic mass is 79.9. The van der Waals surface area contributed by atoms with Crippen LogP contribution in [0, 0.1) is 5.82 Å². The molecule has 0 fully saturated rings. The molecule has 20 heavy (non-hydrogen) atoms. The van der Waals surface area contributed by atoms with Crippen molar-refractivity contribution >= 4 is 38.3 Å². The normalized spacial score (nSPS) is 12.6. The van der Waals surface area contributed by atoms with Gasteiger partial charge in [-0.25, -0.2) is 4.39 Å². The molecule has 3 aromatic carbocycles. The summed E-state index contributed by atoms with van der Waals surface area (Å²) in [5, 5.41) is 2.27. The Balaban J connectivity index is 2.14. The molecule has 100 valence electrons.